The first kappa shape index (κ1) is 9.91. The van der Waals surface area contributed by atoms with Gasteiger partial charge < -0.3 is 16.0 Å². The average Bonchev–Trinajstić information content (AvgIpc) is 1.82. The molecule has 0 aliphatic carbocycles. The highest BCUT2D eigenvalue weighted by atomic mass is 32.2. The van der Waals surface area contributed by atoms with Crippen LogP contribution in [0, 0.1) is 5.21 Å². The monoisotopic (exact) mass is 193 g/mol. The van der Waals surface area contributed by atoms with Crippen LogP contribution in [0.5, 0.6) is 0 Å². The van der Waals surface area contributed by atoms with Crippen molar-refractivity contribution in [1.82, 2.24) is 5.06 Å². The minimum atomic E-state index is -3.34. The van der Waals surface area contributed by atoms with Crippen LogP contribution in [0.3, 0.4) is 0 Å². The lowest BCUT2D eigenvalue weighted by Gasteiger charge is -2.42. The van der Waals surface area contributed by atoms with Gasteiger partial charge in [-0.3, -0.25) is 0 Å². The van der Waals surface area contributed by atoms with E-state index in [1.54, 1.807) is 0 Å². The van der Waals surface area contributed by atoms with Crippen LogP contribution in [0.2, 0.25) is 0 Å². The Morgan fingerprint density at radius 1 is 1.58 bits per heavy atom. The zero-order valence-electron chi connectivity index (χ0n) is 6.93. The summed E-state index contributed by atoms with van der Waals surface area (Å²) < 4.78 is 22.2. The Kier molecular flexibility index (Phi) is 2.72. The van der Waals surface area contributed by atoms with Crippen molar-refractivity contribution in [3.63, 3.8) is 0 Å². The molecular weight excluding hydrogens is 180 g/mol. The van der Waals surface area contributed by atoms with E-state index >= 15 is 0 Å². The van der Waals surface area contributed by atoms with Crippen LogP contribution in [-0.4, -0.2) is 37.7 Å². The average molecular weight is 193 g/mol. The summed E-state index contributed by atoms with van der Waals surface area (Å²) in [6, 6.07) is -0.536. The first-order valence-corrected chi connectivity index (χ1v) is 5.76. The highest BCUT2D eigenvalue weighted by molar-refractivity contribution is 7.91. The molecule has 0 saturated carbocycles. The first-order chi connectivity index (χ1) is 5.43. The number of rotatable bonds is 1. The number of piperidine rings is 1. The minimum absolute atomic E-state index is 0.269. The predicted octanol–water partition coefficient (Wildman–Crippen LogP) is -0.722. The molecule has 0 amide bonds. The molecule has 0 aromatic heterocycles. The third-order valence-corrected chi connectivity index (χ3v) is 3.47. The van der Waals surface area contributed by atoms with E-state index in [-0.39, 0.29) is 6.54 Å². The van der Waals surface area contributed by atoms with E-state index in [0.717, 1.165) is 6.26 Å². The van der Waals surface area contributed by atoms with E-state index in [1.807, 2.05) is 0 Å². The first-order valence-electron chi connectivity index (χ1n) is 3.81. The molecular formula is C6H13N2O3S-. The number of nitrogens with two attached hydrogens (primary N) is 1. The van der Waals surface area contributed by atoms with E-state index in [0.29, 0.717) is 17.9 Å². The molecule has 0 aromatic rings. The van der Waals surface area contributed by atoms with Gasteiger partial charge in [0.05, 0.1) is 0 Å². The van der Waals surface area contributed by atoms with Gasteiger partial charge in [0.2, 0.25) is 0 Å². The predicted molar refractivity (Wildman–Crippen MR) is 45.9 cm³/mol. The molecule has 0 aromatic carbocycles. The van der Waals surface area contributed by atoms with Gasteiger partial charge in [-0.05, 0) is 19.4 Å². The maximum atomic E-state index is 11.1. The third kappa shape index (κ3) is 1.95. The number of sulfone groups is 1. The molecule has 1 fully saturated rings. The van der Waals surface area contributed by atoms with E-state index in [2.05, 4.69) is 0 Å². The normalized spacial score (nSPS) is 33.6. The van der Waals surface area contributed by atoms with Crippen molar-refractivity contribution in [3.05, 3.63) is 5.21 Å². The minimum Gasteiger partial charge on any atom is -0.784 e. The van der Waals surface area contributed by atoms with Crippen molar-refractivity contribution in [3.8, 4) is 0 Å². The number of hydroxylamine groups is 2. The van der Waals surface area contributed by atoms with Gasteiger partial charge in [0.1, 0.15) is 5.37 Å². The maximum absolute atomic E-state index is 11.1. The van der Waals surface area contributed by atoms with Crippen LogP contribution >= 0.6 is 0 Å². The lowest BCUT2D eigenvalue weighted by molar-refractivity contribution is 0.245. The molecule has 1 aliphatic heterocycles. The fourth-order valence-corrected chi connectivity index (χ4v) is 2.80. The van der Waals surface area contributed by atoms with Gasteiger partial charge in [-0.25, -0.2) is 8.42 Å². The number of hydrogen-bond donors (Lipinski definition) is 1. The maximum Gasteiger partial charge on any atom is 0.164 e. The Labute approximate surface area is 72.0 Å². The van der Waals surface area contributed by atoms with Crippen LogP contribution in [0.25, 0.3) is 0 Å². The second kappa shape index (κ2) is 3.29. The van der Waals surface area contributed by atoms with Crippen LogP contribution < -0.4 is 5.73 Å². The summed E-state index contributed by atoms with van der Waals surface area (Å²) in [6.45, 7) is 0.269. The number of nitrogens with zero attached hydrogens (tertiary/aromatic N) is 1. The largest absolute Gasteiger partial charge is 0.784 e. The quantitative estimate of drug-likeness (QED) is 0.593. The Morgan fingerprint density at radius 2 is 2.17 bits per heavy atom. The van der Waals surface area contributed by atoms with Gasteiger partial charge in [-0.15, -0.1) is 0 Å². The standard InChI is InChI=1S/C6H13N2O3S/c1-12(10,11)6-5(7)3-2-4-8(6)9/h5-6H,2-4,7H2,1H3/q-1. The molecule has 72 valence electrons. The van der Waals surface area contributed by atoms with E-state index in [9.17, 15) is 13.6 Å². The molecule has 0 spiro atoms. The smallest absolute Gasteiger partial charge is 0.164 e. The summed E-state index contributed by atoms with van der Waals surface area (Å²) in [5.74, 6) is 0. The van der Waals surface area contributed by atoms with Crippen LogP contribution in [-0.2, 0) is 9.84 Å². The summed E-state index contributed by atoms with van der Waals surface area (Å²) in [4.78, 5) is 0. The van der Waals surface area contributed by atoms with Crippen LogP contribution in [0.1, 0.15) is 12.8 Å². The highest BCUT2D eigenvalue weighted by Gasteiger charge is 2.31. The molecule has 12 heavy (non-hydrogen) atoms. The lowest BCUT2D eigenvalue weighted by Crippen LogP contribution is -2.53. The third-order valence-electron chi connectivity index (χ3n) is 2.00. The summed E-state index contributed by atoms with van der Waals surface area (Å²) in [7, 11) is -3.34. The molecule has 1 rings (SSSR count). The van der Waals surface area contributed by atoms with Gasteiger partial charge in [-0.2, -0.15) is 0 Å². The van der Waals surface area contributed by atoms with E-state index in [1.165, 1.54) is 0 Å². The summed E-state index contributed by atoms with van der Waals surface area (Å²) in [6.07, 6.45) is 2.33. The Hall–Kier alpha value is -0.170. The zero-order chi connectivity index (χ0) is 9.35. The topological polar surface area (TPSA) is 86.5 Å². The van der Waals surface area contributed by atoms with E-state index in [4.69, 9.17) is 5.73 Å². The summed E-state index contributed by atoms with van der Waals surface area (Å²) in [5.41, 5.74) is 5.53. The van der Waals surface area contributed by atoms with Crippen molar-refractivity contribution in [2.75, 3.05) is 12.8 Å². The Balaban J connectivity index is 2.84. The molecule has 0 radical (unpaired) electrons. The molecule has 1 saturated heterocycles. The molecule has 1 heterocycles. The molecule has 1 aliphatic rings. The van der Waals surface area contributed by atoms with Crippen molar-refractivity contribution in [2.24, 2.45) is 5.73 Å². The second-order valence-corrected chi connectivity index (χ2v) is 5.31. The molecule has 0 bridgehead atoms. The zero-order valence-corrected chi connectivity index (χ0v) is 7.75. The Bertz CT molecular complexity index is 242. The van der Waals surface area contributed by atoms with Gasteiger partial charge >= 0.3 is 0 Å². The van der Waals surface area contributed by atoms with E-state index < -0.39 is 21.3 Å². The van der Waals surface area contributed by atoms with Crippen molar-refractivity contribution < 1.29 is 8.42 Å². The van der Waals surface area contributed by atoms with Crippen molar-refractivity contribution in [1.29, 1.82) is 0 Å². The van der Waals surface area contributed by atoms with Crippen molar-refractivity contribution >= 4 is 9.84 Å². The van der Waals surface area contributed by atoms with Gasteiger partial charge in [0, 0.05) is 12.3 Å². The molecule has 6 heteroatoms. The van der Waals surface area contributed by atoms with Gasteiger partial charge in [-0.1, -0.05) is 0 Å². The molecule has 2 atom stereocenters. The van der Waals surface area contributed by atoms with Crippen LogP contribution in [0.4, 0.5) is 0 Å². The van der Waals surface area contributed by atoms with Crippen molar-refractivity contribution in [2.45, 2.75) is 24.3 Å². The SMILES string of the molecule is CS(=O)(=O)C1C(N)CCCN1[O-]. The molecule has 2 unspecified atom stereocenters. The highest BCUT2D eigenvalue weighted by Crippen LogP contribution is 2.18. The van der Waals surface area contributed by atoms with Gasteiger partial charge in [0.25, 0.3) is 0 Å². The number of hydrogen-bond acceptors (Lipinski definition) is 5. The Morgan fingerprint density at radius 3 is 2.50 bits per heavy atom. The summed E-state index contributed by atoms with van der Waals surface area (Å²) >= 11 is 0. The lowest BCUT2D eigenvalue weighted by atomic mass is 10.1. The fourth-order valence-electron chi connectivity index (χ4n) is 1.50. The van der Waals surface area contributed by atoms with Gasteiger partial charge in [0.15, 0.2) is 9.84 Å². The second-order valence-electron chi connectivity index (χ2n) is 3.17. The van der Waals surface area contributed by atoms with Crippen LogP contribution in [0.15, 0.2) is 0 Å². The fraction of sp³-hybridized carbons (Fsp3) is 1.00. The molecule has 5 nitrogen and oxygen atoms in total. The summed E-state index contributed by atoms with van der Waals surface area (Å²) in [5, 5.41) is 10.6. The molecule has 2 N–H and O–H groups in total.